The zero-order valence-corrected chi connectivity index (χ0v) is 21.1. The Balaban J connectivity index is 0.00000272. The van der Waals surface area contributed by atoms with Crippen LogP contribution in [0.5, 0.6) is 0 Å². The van der Waals surface area contributed by atoms with Crippen LogP contribution in [0.25, 0.3) is 0 Å². The van der Waals surface area contributed by atoms with Crippen molar-refractivity contribution < 1.29 is 4.74 Å². The molecule has 8 heteroatoms. The van der Waals surface area contributed by atoms with Gasteiger partial charge in [-0.25, -0.2) is 4.98 Å². The Kier molecular flexibility index (Phi) is 8.80. The Hall–Kier alpha value is -1.58. The summed E-state index contributed by atoms with van der Waals surface area (Å²) < 4.78 is 5.67. The van der Waals surface area contributed by atoms with Gasteiger partial charge in [-0.3, -0.25) is 4.99 Å². The molecule has 2 fully saturated rings. The van der Waals surface area contributed by atoms with E-state index in [2.05, 4.69) is 43.3 Å². The van der Waals surface area contributed by atoms with Gasteiger partial charge in [-0.2, -0.15) is 0 Å². The Morgan fingerprint density at radius 3 is 2.45 bits per heavy atom. The molecule has 1 N–H and O–H groups in total. The number of benzene rings is 1. The van der Waals surface area contributed by atoms with Gasteiger partial charge < -0.3 is 19.9 Å². The molecule has 0 unspecified atom stereocenters. The minimum Gasteiger partial charge on any atom is -0.381 e. The van der Waals surface area contributed by atoms with Crippen molar-refractivity contribution in [2.24, 2.45) is 4.99 Å². The Morgan fingerprint density at radius 2 is 1.81 bits per heavy atom. The molecule has 0 saturated carbocycles. The van der Waals surface area contributed by atoms with Crippen molar-refractivity contribution in [1.82, 2.24) is 15.2 Å². The lowest BCUT2D eigenvalue weighted by molar-refractivity contribution is 0.0512. The van der Waals surface area contributed by atoms with Crippen LogP contribution in [-0.4, -0.2) is 68.8 Å². The number of halogens is 2. The molecule has 168 valence electrons. The molecule has 2 aliphatic rings. The quantitative estimate of drug-likeness (QED) is 0.353. The minimum absolute atomic E-state index is 0. The SMILES string of the molecule is CN=C(NCC1(c2ccccc2Cl)CCOCC1)N1CCN(c2ccccn2)CC1.I. The lowest BCUT2D eigenvalue weighted by Gasteiger charge is -2.41. The summed E-state index contributed by atoms with van der Waals surface area (Å²) in [5.74, 6) is 1.99. The Bertz CT molecular complexity index is 852. The van der Waals surface area contributed by atoms with Crippen LogP contribution in [-0.2, 0) is 10.2 Å². The number of anilines is 1. The van der Waals surface area contributed by atoms with Gasteiger partial charge in [0, 0.05) is 69.6 Å². The molecule has 2 saturated heterocycles. The molecule has 0 radical (unpaired) electrons. The third-order valence-electron chi connectivity index (χ3n) is 6.24. The van der Waals surface area contributed by atoms with E-state index in [0.717, 1.165) is 75.6 Å². The van der Waals surface area contributed by atoms with Crippen molar-refractivity contribution in [3.63, 3.8) is 0 Å². The second-order valence-electron chi connectivity index (χ2n) is 7.94. The molecule has 6 nitrogen and oxygen atoms in total. The largest absolute Gasteiger partial charge is 0.381 e. The highest BCUT2D eigenvalue weighted by atomic mass is 127. The summed E-state index contributed by atoms with van der Waals surface area (Å²) in [5.41, 5.74) is 1.17. The average molecular weight is 556 g/mol. The number of pyridine rings is 1. The number of guanidine groups is 1. The number of nitrogens with zero attached hydrogens (tertiary/aromatic N) is 4. The van der Waals surface area contributed by atoms with Crippen LogP contribution in [0, 0.1) is 0 Å². The summed E-state index contributed by atoms with van der Waals surface area (Å²) in [6, 6.07) is 14.3. The number of nitrogens with one attached hydrogen (secondary N) is 1. The smallest absolute Gasteiger partial charge is 0.193 e. The lowest BCUT2D eigenvalue weighted by Crippen LogP contribution is -2.55. The number of hydrogen-bond donors (Lipinski definition) is 1. The van der Waals surface area contributed by atoms with Gasteiger partial charge in [-0.1, -0.05) is 35.9 Å². The predicted molar refractivity (Wildman–Crippen MR) is 138 cm³/mol. The molecule has 0 atom stereocenters. The van der Waals surface area contributed by atoms with E-state index in [1.54, 1.807) is 0 Å². The van der Waals surface area contributed by atoms with Crippen molar-refractivity contribution >= 4 is 47.4 Å². The highest BCUT2D eigenvalue weighted by Crippen LogP contribution is 2.38. The average Bonchev–Trinajstić information content (AvgIpc) is 2.81. The Morgan fingerprint density at radius 1 is 1.10 bits per heavy atom. The van der Waals surface area contributed by atoms with Crippen LogP contribution in [0.15, 0.2) is 53.7 Å². The predicted octanol–water partition coefficient (Wildman–Crippen LogP) is 3.80. The van der Waals surface area contributed by atoms with Gasteiger partial charge in [0.15, 0.2) is 5.96 Å². The van der Waals surface area contributed by atoms with Crippen molar-refractivity contribution in [3.8, 4) is 0 Å². The van der Waals surface area contributed by atoms with E-state index in [-0.39, 0.29) is 29.4 Å². The highest BCUT2D eigenvalue weighted by Gasteiger charge is 2.36. The van der Waals surface area contributed by atoms with Crippen LogP contribution in [0.4, 0.5) is 5.82 Å². The van der Waals surface area contributed by atoms with Crippen molar-refractivity contribution in [2.75, 3.05) is 57.9 Å². The molecule has 0 bridgehead atoms. The summed E-state index contributed by atoms with van der Waals surface area (Å²) in [4.78, 5) is 13.7. The Labute approximate surface area is 207 Å². The van der Waals surface area contributed by atoms with Crippen LogP contribution >= 0.6 is 35.6 Å². The van der Waals surface area contributed by atoms with Crippen molar-refractivity contribution in [1.29, 1.82) is 0 Å². The summed E-state index contributed by atoms with van der Waals surface area (Å²) in [6.45, 7) is 6.01. The van der Waals surface area contributed by atoms with E-state index in [1.807, 2.05) is 37.5 Å². The molecule has 1 aromatic heterocycles. The zero-order valence-electron chi connectivity index (χ0n) is 18.0. The van der Waals surface area contributed by atoms with Gasteiger partial charge in [-0.05, 0) is 36.6 Å². The maximum atomic E-state index is 6.60. The normalized spacial score (nSPS) is 19.0. The zero-order chi connectivity index (χ0) is 20.8. The second-order valence-corrected chi connectivity index (χ2v) is 8.34. The van der Waals surface area contributed by atoms with Gasteiger partial charge in [0.2, 0.25) is 0 Å². The summed E-state index contributed by atoms with van der Waals surface area (Å²) in [6.07, 6.45) is 3.76. The van der Waals surface area contributed by atoms with Gasteiger partial charge >= 0.3 is 0 Å². The number of hydrogen-bond acceptors (Lipinski definition) is 4. The molecule has 4 rings (SSSR count). The van der Waals surface area contributed by atoms with E-state index in [9.17, 15) is 0 Å². The first-order valence-corrected chi connectivity index (χ1v) is 11.0. The van der Waals surface area contributed by atoms with Gasteiger partial charge in [0.25, 0.3) is 0 Å². The molecular formula is C23H31ClIN5O. The van der Waals surface area contributed by atoms with Gasteiger partial charge in [0.05, 0.1) is 0 Å². The number of aromatic nitrogens is 1. The highest BCUT2D eigenvalue weighted by molar-refractivity contribution is 14.0. The third kappa shape index (κ3) is 5.62. The molecule has 1 aromatic carbocycles. The van der Waals surface area contributed by atoms with Crippen LogP contribution in [0.2, 0.25) is 5.02 Å². The van der Waals surface area contributed by atoms with Crippen molar-refractivity contribution in [2.45, 2.75) is 18.3 Å². The number of ether oxygens (including phenoxy) is 1. The summed E-state index contributed by atoms with van der Waals surface area (Å²) >= 11 is 6.60. The standard InChI is InChI=1S/C23H30ClN5O.HI/c1-25-22(29-14-12-28(13-15-29)21-8-4-5-11-26-21)27-18-23(9-16-30-17-10-23)19-6-2-3-7-20(19)24;/h2-8,11H,9-10,12-18H2,1H3,(H,25,27);1H. The maximum absolute atomic E-state index is 6.60. The van der Waals surface area contributed by atoms with E-state index in [0.29, 0.717) is 0 Å². The van der Waals surface area contributed by atoms with Gasteiger partial charge in [0.1, 0.15) is 5.82 Å². The molecule has 31 heavy (non-hydrogen) atoms. The van der Waals surface area contributed by atoms with E-state index in [4.69, 9.17) is 16.3 Å². The fraction of sp³-hybridized carbons (Fsp3) is 0.478. The van der Waals surface area contributed by atoms with E-state index < -0.39 is 0 Å². The topological polar surface area (TPSA) is 53.0 Å². The number of piperazine rings is 1. The molecule has 3 heterocycles. The van der Waals surface area contributed by atoms with Crippen molar-refractivity contribution in [3.05, 3.63) is 59.2 Å². The molecule has 0 spiro atoms. The minimum atomic E-state index is -0.0394. The van der Waals surface area contributed by atoms with Crippen LogP contribution < -0.4 is 10.2 Å². The first kappa shape index (κ1) is 24.1. The molecular weight excluding hydrogens is 525 g/mol. The van der Waals surface area contributed by atoms with Crippen LogP contribution in [0.1, 0.15) is 18.4 Å². The monoisotopic (exact) mass is 555 g/mol. The van der Waals surface area contributed by atoms with Crippen LogP contribution in [0.3, 0.4) is 0 Å². The first-order chi connectivity index (χ1) is 14.7. The van der Waals surface area contributed by atoms with Gasteiger partial charge in [-0.15, -0.1) is 24.0 Å². The third-order valence-corrected chi connectivity index (χ3v) is 6.57. The van der Waals surface area contributed by atoms with E-state index >= 15 is 0 Å². The fourth-order valence-electron chi connectivity index (χ4n) is 4.46. The second kappa shape index (κ2) is 11.3. The number of rotatable bonds is 4. The molecule has 0 amide bonds. The molecule has 0 aliphatic carbocycles. The lowest BCUT2D eigenvalue weighted by atomic mass is 9.74. The maximum Gasteiger partial charge on any atom is 0.193 e. The number of aliphatic imine (C=N–C) groups is 1. The fourth-order valence-corrected chi connectivity index (χ4v) is 4.80. The summed E-state index contributed by atoms with van der Waals surface area (Å²) in [5, 5.41) is 4.49. The summed E-state index contributed by atoms with van der Waals surface area (Å²) in [7, 11) is 1.86. The molecule has 2 aromatic rings. The molecule has 2 aliphatic heterocycles. The van der Waals surface area contributed by atoms with E-state index in [1.165, 1.54) is 5.56 Å². The first-order valence-electron chi connectivity index (χ1n) is 10.7.